The molecule has 0 rings (SSSR count). The number of hydrogen-bond donors (Lipinski definition) is 2. The Labute approximate surface area is 37.5 Å². The van der Waals surface area contributed by atoms with Crippen LogP contribution in [-0.2, 0) is 0 Å². The molecule has 0 spiro atoms. The quantitative estimate of drug-likeness (QED) is 0.345. The van der Waals surface area contributed by atoms with E-state index < -0.39 is 0 Å². The van der Waals surface area contributed by atoms with Gasteiger partial charge >= 0.3 is 6.03 Å². The van der Waals surface area contributed by atoms with Gasteiger partial charge in [-0.05, 0) is 0 Å². The van der Waals surface area contributed by atoms with Crippen LogP contribution in [0, 0.1) is 0 Å². The van der Waals surface area contributed by atoms with Crippen molar-refractivity contribution < 1.29 is 4.79 Å². The van der Waals surface area contributed by atoms with Crippen LogP contribution in [0.15, 0.2) is 0 Å². The van der Waals surface area contributed by atoms with Crippen LogP contribution < -0.4 is 10.5 Å². The number of rotatable bonds is 0. The monoisotopic (exact) mass is 86.1 g/mol. The third-order valence-corrected chi connectivity index (χ3v) is 0.454. The Kier molecular flexibility index (Phi) is 2.28. The van der Waals surface area contributed by atoms with Gasteiger partial charge in [0.1, 0.15) is 0 Å². The largest absolute Gasteiger partial charge is 0.389 e. The minimum Gasteiger partial charge on any atom is -0.389 e. The number of carbonyl (C=O) groups excluding carboxylic acids is 1. The van der Waals surface area contributed by atoms with Crippen molar-refractivity contribution in [3.8, 4) is 0 Å². The minimum atomic E-state index is -0.157. The van der Waals surface area contributed by atoms with E-state index in [4.69, 9.17) is 0 Å². The highest BCUT2D eigenvalue weighted by atomic mass is 16.2. The molecule has 34 valence electrons. The van der Waals surface area contributed by atoms with Crippen molar-refractivity contribution in [3.05, 3.63) is 0 Å². The second-order valence-electron chi connectivity index (χ2n) is 0.829. The van der Waals surface area contributed by atoms with Crippen LogP contribution in [0.5, 0.6) is 0 Å². The van der Waals surface area contributed by atoms with E-state index in [0.29, 0.717) is 0 Å². The highest BCUT2D eigenvalue weighted by Gasteiger charge is 1.81. The van der Waals surface area contributed by atoms with Gasteiger partial charge in [-0.2, -0.15) is 0 Å². The third-order valence-electron chi connectivity index (χ3n) is 0.454. The van der Waals surface area contributed by atoms with E-state index >= 15 is 0 Å². The number of carbonyl (C=O) groups is 1. The van der Waals surface area contributed by atoms with Crippen LogP contribution in [0.4, 0.5) is 4.79 Å². The summed E-state index contributed by atoms with van der Waals surface area (Å²) in [6.07, 6.45) is 0. The van der Waals surface area contributed by atoms with Crippen molar-refractivity contribution in [1.29, 1.82) is 0 Å². The molecular weight excluding hydrogens is 78.8 g/mol. The van der Waals surface area contributed by atoms with Gasteiger partial charge in [0.05, 0.1) is 0 Å². The topological polar surface area (TPSA) is 41.1 Å². The molecule has 0 heterocycles. The zero-order valence-electron chi connectivity index (χ0n) is 3.91. The fourth-order valence-corrected chi connectivity index (χ4v) is 0.125. The van der Waals surface area contributed by atoms with Gasteiger partial charge in [-0.25, -0.2) is 0 Å². The average Bonchev–Trinajstić information content (AvgIpc) is 1.65. The summed E-state index contributed by atoms with van der Waals surface area (Å²) >= 11 is 0. The maximum absolute atomic E-state index is 9.96. The molecule has 2 N–H and O–H groups in total. The lowest BCUT2D eigenvalue weighted by atomic mass is 10.4. The highest BCUT2D eigenvalue weighted by molar-refractivity contribution is 6.13. The molecule has 0 aromatic rings. The summed E-state index contributed by atoms with van der Waals surface area (Å²) in [5.41, 5.74) is 0. The SMILES string of the molecule is BNC(=O)NC. The first-order chi connectivity index (χ1) is 2.81. The summed E-state index contributed by atoms with van der Waals surface area (Å²) in [6, 6.07) is -0.157. The van der Waals surface area contributed by atoms with Gasteiger partial charge in [0.25, 0.3) is 0 Å². The van der Waals surface area contributed by atoms with Gasteiger partial charge in [-0.1, -0.05) is 0 Å². The number of nitrogens with one attached hydrogen (secondary N) is 2. The zero-order valence-corrected chi connectivity index (χ0v) is 3.91. The normalized spacial score (nSPS) is 6.83. The molecule has 4 heteroatoms. The predicted molar refractivity (Wildman–Crippen MR) is 26.1 cm³/mol. The Morgan fingerprint density at radius 1 is 1.83 bits per heavy atom. The van der Waals surface area contributed by atoms with Crippen LogP contribution in [-0.4, -0.2) is 21.1 Å². The molecule has 0 aliphatic carbocycles. The van der Waals surface area contributed by atoms with Crippen molar-refractivity contribution in [2.45, 2.75) is 0 Å². The maximum atomic E-state index is 9.96. The van der Waals surface area contributed by atoms with Gasteiger partial charge in [0, 0.05) is 7.05 Å². The molecule has 0 saturated heterocycles. The van der Waals surface area contributed by atoms with Crippen molar-refractivity contribution in [1.82, 2.24) is 10.5 Å². The first kappa shape index (κ1) is 5.33. The number of hydrogen-bond acceptors (Lipinski definition) is 1. The Morgan fingerprint density at radius 2 is 2.33 bits per heavy atom. The molecule has 6 heavy (non-hydrogen) atoms. The Bertz CT molecular complexity index is 49.5. The van der Waals surface area contributed by atoms with E-state index in [2.05, 4.69) is 10.5 Å². The molecule has 0 aliphatic rings. The van der Waals surface area contributed by atoms with E-state index in [1.807, 2.05) is 0 Å². The molecule has 0 atom stereocenters. The van der Waals surface area contributed by atoms with Crippen molar-refractivity contribution >= 4 is 14.0 Å². The molecule has 0 unspecified atom stereocenters. The summed E-state index contributed by atoms with van der Waals surface area (Å²) in [5.74, 6) is 0. The van der Waals surface area contributed by atoms with Gasteiger partial charge in [0.15, 0.2) is 0 Å². The second-order valence-corrected chi connectivity index (χ2v) is 0.829. The lowest BCUT2D eigenvalue weighted by molar-refractivity contribution is 0.248. The molecule has 0 aliphatic heterocycles. The van der Waals surface area contributed by atoms with E-state index in [-0.39, 0.29) is 6.03 Å². The first-order valence-corrected chi connectivity index (χ1v) is 1.70. The second kappa shape index (κ2) is 2.57. The molecular formula is C2H7BN2O. The number of urea groups is 1. The van der Waals surface area contributed by atoms with E-state index in [9.17, 15) is 4.79 Å². The van der Waals surface area contributed by atoms with E-state index in [0.717, 1.165) is 0 Å². The Hall–Kier alpha value is -0.665. The fourth-order valence-electron chi connectivity index (χ4n) is 0.125. The smallest absolute Gasteiger partial charge is 0.301 e. The first-order valence-electron chi connectivity index (χ1n) is 1.70. The molecule has 0 fully saturated rings. The van der Waals surface area contributed by atoms with Crippen LogP contribution in [0.3, 0.4) is 0 Å². The molecule has 0 radical (unpaired) electrons. The zero-order chi connectivity index (χ0) is 4.99. The third kappa shape index (κ3) is 1.63. The number of amides is 2. The lowest BCUT2D eigenvalue weighted by Crippen LogP contribution is -2.30. The standard InChI is InChI=1S/C2H7BN2O/c1-4-2(6)5-3/h3H2,1H3,(H2,4,5,6). The highest BCUT2D eigenvalue weighted by Crippen LogP contribution is 1.47. The van der Waals surface area contributed by atoms with Crippen molar-refractivity contribution in [3.63, 3.8) is 0 Å². The molecule has 0 saturated carbocycles. The fraction of sp³-hybridized carbons (Fsp3) is 0.500. The van der Waals surface area contributed by atoms with Crippen LogP contribution >= 0.6 is 0 Å². The van der Waals surface area contributed by atoms with E-state index in [1.165, 1.54) is 0 Å². The summed E-state index contributed by atoms with van der Waals surface area (Å²) in [7, 11) is 3.14. The van der Waals surface area contributed by atoms with Gasteiger partial charge in [-0.3, -0.25) is 4.79 Å². The van der Waals surface area contributed by atoms with Crippen molar-refractivity contribution in [2.24, 2.45) is 0 Å². The lowest BCUT2D eigenvalue weighted by Gasteiger charge is -1.91. The molecule has 0 aromatic carbocycles. The van der Waals surface area contributed by atoms with Crippen LogP contribution in [0.2, 0.25) is 0 Å². The predicted octanol–water partition coefficient (Wildman–Crippen LogP) is -1.54. The van der Waals surface area contributed by atoms with Gasteiger partial charge in [0.2, 0.25) is 7.98 Å². The molecule has 0 bridgehead atoms. The minimum absolute atomic E-state index is 0.157. The van der Waals surface area contributed by atoms with Crippen molar-refractivity contribution in [2.75, 3.05) is 7.05 Å². The summed E-state index contributed by atoms with van der Waals surface area (Å²) in [6.45, 7) is 0. The molecule has 3 nitrogen and oxygen atoms in total. The summed E-state index contributed by atoms with van der Waals surface area (Å²) in [4.78, 5) is 9.96. The van der Waals surface area contributed by atoms with Gasteiger partial charge in [-0.15, -0.1) is 0 Å². The Balaban J connectivity index is 2.99. The summed E-state index contributed by atoms with van der Waals surface area (Å²) < 4.78 is 0. The van der Waals surface area contributed by atoms with Gasteiger partial charge < -0.3 is 10.5 Å². The average molecular weight is 85.9 g/mol. The Morgan fingerprint density at radius 3 is 2.33 bits per heavy atom. The van der Waals surface area contributed by atoms with Crippen LogP contribution in [0.1, 0.15) is 0 Å². The molecule has 0 aromatic heterocycles. The summed E-state index contributed by atoms with van der Waals surface area (Å²) in [5, 5.41) is 4.73. The van der Waals surface area contributed by atoms with Crippen LogP contribution in [0.25, 0.3) is 0 Å². The maximum Gasteiger partial charge on any atom is 0.301 e. The molecule has 2 amide bonds. The van der Waals surface area contributed by atoms with E-state index in [1.54, 1.807) is 15.0 Å².